The van der Waals surface area contributed by atoms with Crippen LogP contribution in [0.4, 0.5) is 0 Å². The molecular weight excluding hydrogens is 380 g/mol. The van der Waals surface area contributed by atoms with Crippen LogP contribution in [-0.2, 0) is 16.1 Å². The van der Waals surface area contributed by atoms with Crippen LogP contribution in [0.5, 0.6) is 0 Å². The smallest absolute Gasteiger partial charge is 0.242 e. The standard InChI is InChI=1S/C21H25ClN2O2S/c1-4-23-21(26)16(3)24(13-17-7-5-6-15(2)12-17)20(25)14-27-19-10-8-18(22)9-11-19/h5-12,16H,4,13-14H2,1-3H3,(H,23,26)/t16-/m0/s1. The van der Waals surface area contributed by atoms with Crippen molar-refractivity contribution in [3.8, 4) is 0 Å². The van der Waals surface area contributed by atoms with Gasteiger partial charge in [-0.05, 0) is 50.6 Å². The fourth-order valence-electron chi connectivity index (χ4n) is 2.67. The molecule has 144 valence electrons. The van der Waals surface area contributed by atoms with Crippen molar-refractivity contribution < 1.29 is 9.59 Å². The highest BCUT2D eigenvalue weighted by molar-refractivity contribution is 8.00. The number of nitrogens with zero attached hydrogens (tertiary/aromatic N) is 1. The average Bonchev–Trinajstić information content (AvgIpc) is 2.65. The molecule has 0 unspecified atom stereocenters. The summed E-state index contributed by atoms with van der Waals surface area (Å²) >= 11 is 7.35. The number of hydrogen-bond donors (Lipinski definition) is 1. The van der Waals surface area contributed by atoms with Gasteiger partial charge in [-0.3, -0.25) is 9.59 Å². The Hall–Kier alpha value is -1.98. The first-order valence-electron chi connectivity index (χ1n) is 8.91. The van der Waals surface area contributed by atoms with Crippen molar-refractivity contribution >= 4 is 35.2 Å². The number of carbonyl (C=O) groups excluding carboxylic acids is 2. The molecule has 1 atom stereocenters. The Morgan fingerprint density at radius 1 is 1.19 bits per heavy atom. The van der Waals surface area contributed by atoms with Crippen molar-refractivity contribution in [2.45, 2.75) is 38.3 Å². The van der Waals surface area contributed by atoms with Gasteiger partial charge in [-0.2, -0.15) is 0 Å². The Balaban J connectivity index is 2.12. The molecule has 0 saturated heterocycles. The zero-order valence-electron chi connectivity index (χ0n) is 15.9. The normalized spacial score (nSPS) is 11.7. The van der Waals surface area contributed by atoms with Gasteiger partial charge in [0, 0.05) is 23.0 Å². The van der Waals surface area contributed by atoms with Crippen molar-refractivity contribution in [1.29, 1.82) is 0 Å². The van der Waals surface area contributed by atoms with E-state index in [0.29, 0.717) is 18.1 Å². The monoisotopic (exact) mass is 404 g/mol. The minimum atomic E-state index is -0.538. The van der Waals surface area contributed by atoms with Gasteiger partial charge in [0.25, 0.3) is 0 Å². The average molecular weight is 405 g/mol. The Morgan fingerprint density at radius 2 is 1.89 bits per heavy atom. The SMILES string of the molecule is CCNC(=O)[C@H](C)N(Cc1cccc(C)c1)C(=O)CSc1ccc(Cl)cc1. The molecule has 0 aromatic heterocycles. The molecule has 0 saturated carbocycles. The number of carbonyl (C=O) groups is 2. The number of benzene rings is 2. The molecule has 0 radical (unpaired) electrons. The van der Waals surface area contributed by atoms with Crippen LogP contribution in [0.15, 0.2) is 53.4 Å². The molecule has 0 aliphatic rings. The molecule has 2 aromatic rings. The van der Waals surface area contributed by atoms with Crippen LogP contribution >= 0.6 is 23.4 Å². The summed E-state index contributed by atoms with van der Waals surface area (Å²) in [5, 5.41) is 3.47. The summed E-state index contributed by atoms with van der Waals surface area (Å²) < 4.78 is 0. The van der Waals surface area contributed by atoms with Crippen molar-refractivity contribution in [3.63, 3.8) is 0 Å². The highest BCUT2D eigenvalue weighted by Crippen LogP contribution is 2.22. The maximum atomic E-state index is 12.9. The van der Waals surface area contributed by atoms with Crippen LogP contribution in [-0.4, -0.2) is 35.1 Å². The van der Waals surface area contributed by atoms with Crippen molar-refractivity contribution in [3.05, 3.63) is 64.7 Å². The molecule has 6 heteroatoms. The van der Waals surface area contributed by atoms with Gasteiger partial charge >= 0.3 is 0 Å². The molecule has 0 fully saturated rings. The van der Waals surface area contributed by atoms with E-state index in [2.05, 4.69) is 5.32 Å². The molecule has 0 aliphatic carbocycles. The lowest BCUT2D eigenvalue weighted by atomic mass is 10.1. The van der Waals surface area contributed by atoms with Gasteiger partial charge < -0.3 is 10.2 Å². The van der Waals surface area contributed by atoms with Crippen LogP contribution in [0.1, 0.15) is 25.0 Å². The van der Waals surface area contributed by atoms with Crippen molar-refractivity contribution in [2.75, 3.05) is 12.3 Å². The second-order valence-corrected chi connectivity index (χ2v) is 7.81. The molecule has 4 nitrogen and oxygen atoms in total. The molecule has 0 spiro atoms. The van der Waals surface area contributed by atoms with Crippen molar-refractivity contribution in [1.82, 2.24) is 10.2 Å². The first-order chi connectivity index (χ1) is 12.9. The lowest BCUT2D eigenvalue weighted by Crippen LogP contribution is -2.48. The van der Waals surface area contributed by atoms with Crippen LogP contribution < -0.4 is 5.32 Å². The summed E-state index contributed by atoms with van der Waals surface area (Å²) in [6.45, 7) is 6.59. The second-order valence-electron chi connectivity index (χ2n) is 6.32. The molecule has 27 heavy (non-hydrogen) atoms. The summed E-state index contributed by atoms with van der Waals surface area (Å²) in [6, 6.07) is 14.8. The molecule has 2 amide bonds. The number of thioether (sulfide) groups is 1. The van der Waals surface area contributed by atoms with Gasteiger partial charge in [0.15, 0.2) is 0 Å². The second kappa shape index (κ2) is 10.4. The van der Waals surface area contributed by atoms with Gasteiger partial charge in [0.1, 0.15) is 6.04 Å². The number of rotatable bonds is 8. The van der Waals surface area contributed by atoms with Gasteiger partial charge in [0.05, 0.1) is 5.75 Å². The molecule has 0 aliphatic heterocycles. The Kier molecular flexibility index (Phi) is 8.20. The van der Waals surface area contributed by atoms with Gasteiger partial charge in [-0.15, -0.1) is 11.8 Å². The molecule has 0 heterocycles. The van der Waals surface area contributed by atoms with E-state index < -0.39 is 6.04 Å². The Labute approximate surface area is 170 Å². The summed E-state index contributed by atoms with van der Waals surface area (Å²) in [5.41, 5.74) is 2.14. The third-order valence-corrected chi connectivity index (χ3v) is 5.38. The van der Waals surface area contributed by atoms with E-state index in [-0.39, 0.29) is 17.6 Å². The van der Waals surface area contributed by atoms with E-state index >= 15 is 0 Å². The molecule has 2 aromatic carbocycles. The number of nitrogens with one attached hydrogen (secondary N) is 1. The topological polar surface area (TPSA) is 49.4 Å². The molecular formula is C21H25ClN2O2S. The molecule has 1 N–H and O–H groups in total. The van der Waals surface area contributed by atoms with Crippen molar-refractivity contribution in [2.24, 2.45) is 0 Å². The van der Waals surface area contributed by atoms with Gasteiger partial charge in [-0.25, -0.2) is 0 Å². The first-order valence-corrected chi connectivity index (χ1v) is 10.3. The van der Waals surface area contributed by atoms with E-state index in [4.69, 9.17) is 11.6 Å². The van der Waals surface area contributed by atoms with Gasteiger partial charge in [-0.1, -0.05) is 41.4 Å². The van der Waals surface area contributed by atoms with E-state index in [1.54, 1.807) is 24.0 Å². The minimum absolute atomic E-state index is 0.0739. The third kappa shape index (κ3) is 6.60. The largest absolute Gasteiger partial charge is 0.355 e. The fourth-order valence-corrected chi connectivity index (χ4v) is 3.58. The summed E-state index contributed by atoms with van der Waals surface area (Å²) in [7, 11) is 0. The Bertz CT molecular complexity index is 780. The lowest BCUT2D eigenvalue weighted by Gasteiger charge is -2.28. The quantitative estimate of drug-likeness (QED) is 0.667. The summed E-state index contributed by atoms with van der Waals surface area (Å²) in [6.07, 6.45) is 0. The number of halogens is 1. The van der Waals surface area contributed by atoms with Crippen LogP contribution in [0.25, 0.3) is 0 Å². The van der Waals surface area contributed by atoms with E-state index in [1.165, 1.54) is 11.8 Å². The zero-order valence-corrected chi connectivity index (χ0v) is 17.4. The number of hydrogen-bond acceptors (Lipinski definition) is 3. The fraction of sp³-hybridized carbons (Fsp3) is 0.333. The van der Waals surface area contributed by atoms with Crippen LogP contribution in [0, 0.1) is 6.92 Å². The number of likely N-dealkylation sites (N-methyl/N-ethyl adjacent to an activating group) is 1. The van der Waals surface area contributed by atoms with Crippen LogP contribution in [0.2, 0.25) is 5.02 Å². The highest BCUT2D eigenvalue weighted by atomic mass is 35.5. The predicted molar refractivity (Wildman–Crippen MR) is 112 cm³/mol. The van der Waals surface area contributed by atoms with E-state index in [9.17, 15) is 9.59 Å². The number of amides is 2. The Morgan fingerprint density at radius 3 is 2.52 bits per heavy atom. The molecule has 2 rings (SSSR count). The summed E-state index contributed by atoms with van der Waals surface area (Å²) in [4.78, 5) is 27.9. The van der Waals surface area contributed by atoms with Crippen LogP contribution in [0.3, 0.4) is 0 Å². The zero-order chi connectivity index (χ0) is 19.8. The van der Waals surface area contributed by atoms with Gasteiger partial charge in [0.2, 0.25) is 11.8 Å². The maximum Gasteiger partial charge on any atom is 0.242 e. The molecule has 0 bridgehead atoms. The third-order valence-electron chi connectivity index (χ3n) is 4.13. The maximum absolute atomic E-state index is 12.9. The summed E-state index contributed by atoms with van der Waals surface area (Å²) in [5.74, 6) is 0.0437. The minimum Gasteiger partial charge on any atom is -0.355 e. The van der Waals surface area contributed by atoms with E-state index in [0.717, 1.165) is 16.0 Å². The number of aryl methyl sites for hydroxylation is 1. The van der Waals surface area contributed by atoms with E-state index in [1.807, 2.05) is 50.2 Å². The predicted octanol–water partition coefficient (Wildman–Crippen LogP) is 4.29. The highest BCUT2D eigenvalue weighted by Gasteiger charge is 2.25. The lowest BCUT2D eigenvalue weighted by molar-refractivity contribution is -0.138. The first kappa shape index (κ1) is 21.3.